The van der Waals surface area contributed by atoms with Crippen molar-refractivity contribution in [2.24, 2.45) is 5.73 Å². The second-order valence-corrected chi connectivity index (χ2v) is 3.38. The monoisotopic (exact) mass is 245 g/mol. The first-order chi connectivity index (χ1) is 7.97. The van der Waals surface area contributed by atoms with Crippen molar-refractivity contribution >= 4 is 5.97 Å². The molecule has 1 aromatic rings. The van der Waals surface area contributed by atoms with Gasteiger partial charge in [-0.05, 0) is 25.1 Å². The number of nitrogens with two attached hydrogens (primary N) is 1. The summed E-state index contributed by atoms with van der Waals surface area (Å²) >= 11 is 0. The maximum Gasteiger partial charge on any atom is 0.342 e. The van der Waals surface area contributed by atoms with Crippen molar-refractivity contribution in [1.29, 1.82) is 0 Å². The van der Waals surface area contributed by atoms with Crippen LogP contribution >= 0.6 is 0 Å². The predicted molar refractivity (Wildman–Crippen MR) is 56.5 cm³/mol. The molecule has 3 N–H and O–H groups in total. The van der Waals surface area contributed by atoms with E-state index in [9.17, 15) is 18.7 Å². The third-order valence-corrected chi connectivity index (χ3v) is 2.18. The summed E-state index contributed by atoms with van der Waals surface area (Å²) in [5, 5.41) is 9.40. The summed E-state index contributed by atoms with van der Waals surface area (Å²) in [6.45, 7) is 1.54. The summed E-state index contributed by atoms with van der Waals surface area (Å²) in [6.07, 6.45) is -2.15. The number of phenols is 1. The van der Waals surface area contributed by atoms with Gasteiger partial charge >= 0.3 is 5.97 Å². The van der Waals surface area contributed by atoms with E-state index in [0.29, 0.717) is 0 Å². The van der Waals surface area contributed by atoms with Crippen molar-refractivity contribution in [3.8, 4) is 5.75 Å². The number of hydrogen-bond donors (Lipinski definition) is 2. The Hall–Kier alpha value is -1.69. The fraction of sp³-hybridized carbons (Fsp3) is 0.364. The lowest BCUT2D eigenvalue weighted by atomic mass is 10.0. The number of aromatic hydroxyl groups is 1. The van der Waals surface area contributed by atoms with Gasteiger partial charge in [0.2, 0.25) is 6.17 Å². The molecule has 0 aliphatic carbocycles. The number of hydrogen-bond acceptors (Lipinski definition) is 4. The van der Waals surface area contributed by atoms with E-state index in [1.165, 1.54) is 6.92 Å². The van der Waals surface area contributed by atoms with E-state index in [2.05, 4.69) is 4.74 Å². The number of carbonyl (C=O) groups is 1. The Labute approximate surface area is 97.0 Å². The topological polar surface area (TPSA) is 72.5 Å². The van der Waals surface area contributed by atoms with Crippen LogP contribution in [-0.2, 0) is 9.53 Å². The maximum atomic E-state index is 13.5. The molecule has 0 heterocycles. The number of phenolic OH excluding ortho intramolecular Hbond substituents is 1. The normalized spacial score (nSPS) is 14.1. The number of esters is 1. The van der Waals surface area contributed by atoms with Crippen LogP contribution in [-0.4, -0.2) is 23.9 Å². The number of benzene rings is 1. The highest BCUT2D eigenvalue weighted by Gasteiger charge is 2.29. The molecule has 0 aromatic heterocycles. The van der Waals surface area contributed by atoms with Crippen LogP contribution in [0, 0.1) is 5.82 Å². The van der Waals surface area contributed by atoms with Gasteiger partial charge in [0.25, 0.3) is 0 Å². The zero-order valence-corrected chi connectivity index (χ0v) is 9.19. The van der Waals surface area contributed by atoms with E-state index < -0.39 is 24.0 Å². The van der Waals surface area contributed by atoms with Crippen LogP contribution in [0.5, 0.6) is 5.75 Å². The number of carbonyl (C=O) groups excluding carboxylic acids is 1. The van der Waals surface area contributed by atoms with Crippen LogP contribution in [0.25, 0.3) is 0 Å². The Morgan fingerprint density at radius 3 is 2.82 bits per heavy atom. The van der Waals surface area contributed by atoms with E-state index >= 15 is 0 Å². The van der Waals surface area contributed by atoms with Crippen LogP contribution in [0.4, 0.5) is 8.78 Å². The molecule has 17 heavy (non-hydrogen) atoms. The van der Waals surface area contributed by atoms with Crippen molar-refractivity contribution in [2.45, 2.75) is 19.1 Å². The van der Waals surface area contributed by atoms with Crippen LogP contribution in [0.15, 0.2) is 18.2 Å². The minimum Gasteiger partial charge on any atom is -0.508 e. The second-order valence-electron chi connectivity index (χ2n) is 3.38. The van der Waals surface area contributed by atoms with Crippen LogP contribution in [0.2, 0.25) is 0 Å². The Bertz CT molecular complexity index is 412. The summed E-state index contributed by atoms with van der Waals surface area (Å²) in [7, 11) is 0. The quantitative estimate of drug-likeness (QED) is 0.787. The summed E-state index contributed by atoms with van der Waals surface area (Å²) in [5.41, 5.74) is 5.26. The molecule has 1 unspecified atom stereocenters. The minimum atomic E-state index is -2.15. The molecule has 0 aliphatic heterocycles. The first-order valence-electron chi connectivity index (χ1n) is 5.02. The summed E-state index contributed by atoms with van der Waals surface area (Å²) in [6, 6.07) is 1.46. The van der Waals surface area contributed by atoms with Gasteiger partial charge in [0.05, 0.1) is 12.6 Å². The lowest BCUT2D eigenvalue weighted by Gasteiger charge is -2.16. The minimum absolute atomic E-state index is 0.0150. The Morgan fingerprint density at radius 1 is 1.59 bits per heavy atom. The number of rotatable bonds is 4. The van der Waals surface area contributed by atoms with E-state index in [4.69, 9.17) is 5.73 Å². The molecule has 1 aromatic carbocycles. The van der Waals surface area contributed by atoms with Crippen molar-refractivity contribution in [3.63, 3.8) is 0 Å². The highest BCUT2D eigenvalue weighted by Crippen LogP contribution is 2.27. The van der Waals surface area contributed by atoms with Gasteiger partial charge < -0.3 is 15.6 Å². The molecule has 2 atom stereocenters. The molecule has 0 radical (unpaired) electrons. The maximum absolute atomic E-state index is 13.5. The van der Waals surface area contributed by atoms with E-state index in [1.807, 2.05) is 0 Å². The van der Waals surface area contributed by atoms with Gasteiger partial charge in [0.15, 0.2) is 0 Å². The highest BCUT2D eigenvalue weighted by atomic mass is 19.1. The number of ether oxygens (including phenoxy) is 1. The molecule has 0 spiro atoms. The van der Waals surface area contributed by atoms with Gasteiger partial charge in [-0.3, -0.25) is 0 Å². The largest absolute Gasteiger partial charge is 0.508 e. The molecule has 0 saturated carbocycles. The highest BCUT2D eigenvalue weighted by molar-refractivity contribution is 5.76. The third kappa shape index (κ3) is 3.13. The molecule has 0 bridgehead atoms. The first kappa shape index (κ1) is 13.4. The first-order valence-corrected chi connectivity index (χ1v) is 5.02. The molecular weight excluding hydrogens is 232 g/mol. The zero-order chi connectivity index (χ0) is 13.0. The summed E-state index contributed by atoms with van der Waals surface area (Å²) < 4.78 is 30.9. The third-order valence-electron chi connectivity index (χ3n) is 2.18. The van der Waals surface area contributed by atoms with Crippen LogP contribution < -0.4 is 5.73 Å². The fourth-order valence-electron chi connectivity index (χ4n) is 1.32. The standard InChI is InChI=1S/C11H13F2NO3/c1-2-17-11(16)9(13)10(14)7-5-6(12)3-4-8(7)15/h3-5,9-10,15H,2,14H2,1H3/t9?,10-/m0/s1. The molecule has 0 saturated heterocycles. The van der Waals surface area contributed by atoms with E-state index in [1.54, 1.807) is 0 Å². The predicted octanol–water partition coefficient (Wildman–Crippen LogP) is 1.43. The van der Waals surface area contributed by atoms with Crippen LogP contribution in [0.1, 0.15) is 18.5 Å². The van der Waals surface area contributed by atoms with Crippen molar-refractivity contribution in [2.75, 3.05) is 6.61 Å². The molecule has 0 aliphatic rings. The van der Waals surface area contributed by atoms with Crippen LogP contribution in [0.3, 0.4) is 0 Å². The molecule has 1 rings (SSSR count). The zero-order valence-electron chi connectivity index (χ0n) is 9.19. The summed E-state index contributed by atoms with van der Waals surface area (Å²) in [4.78, 5) is 11.1. The molecule has 0 amide bonds. The molecule has 4 nitrogen and oxygen atoms in total. The summed E-state index contributed by atoms with van der Waals surface area (Å²) in [5.74, 6) is -2.18. The number of alkyl halides is 1. The van der Waals surface area contributed by atoms with Gasteiger partial charge in [-0.2, -0.15) is 0 Å². The van der Waals surface area contributed by atoms with Gasteiger partial charge in [-0.25, -0.2) is 13.6 Å². The SMILES string of the molecule is CCOC(=O)C(F)[C@@H](N)c1cc(F)ccc1O. The number of halogens is 2. The van der Waals surface area contributed by atoms with Gasteiger partial charge in [-0.1, -0.05) is 0 Å². The average molecular weight is 245 g/mol. The molecule has 6 heteroatoms. The average Bonchev–Trinajstić information content (AvgIpc) is 2.30. The van der Waals surface area contributed by atoms with E-state index in [0.717, 1.165) is 18.2 Å². The fourth-order valence-corrected chi connectivity index (χ4v) is 1.32. The van der Waals surface area contributed by atoms with Gasteiger partial charge in [0.1, 0.15) is 11.6 Å². The van der Waals surface area contributed by atoms with Crippen molar-refractivity contribution in [1.82, 2.24) is 0 Å². The second kappa shape index (κ2) is 5.58. The lowest BCUT2D eigenvalue weighted by Crippen LogP contribution is -2.31. The Balaban J connectivity index is 2.91. The lowest BCUT2D eigenvalue weighted by molar-refractivity contribution is -0.149. The van der Waals surface area contributed by atoms with Crippen molar-refractivity contribution < 1.29 is 23.4 Å². The Kier molecular flexibility index (Phi) is 4.39. The van der Waals surface area contributed by atoms with E-state index in [-0.39, 0.29) is 17.9 Å². The Morgan fingerprint density at radius 2 is 2.24 bits per heavy atom. The smallest absolute Gasteiger partial charge is 0.342 e. The molecular formula is C11H13F2NO3. The molecule has 0 fully saturated rings. The van der Waals surface area contributed by atoms with Gasteiger partial charge in [-0.15, -0.1) is 0 Å². The molecule has 94 valence electrons. The van der Waals surface area contributed by atoms with Gasteiger partial charge in [0, 0.05) is 5.56 Å². The van der Waals surface area contributed by atoms with Crippen molar-refractivity contribution in [3.05, 3.63) is 29.6 Å².